The number of nitrogens with one attached hydrogen (secondary N) is 2. The number of hydrogen-bond donors (Lipinski definition) is 3. The lowest BCUT2D eigenvalue weighted by molar-refractivity contribution is -0.129. The van der Waals surface area contributed by atoms with Crippen LogP contribution in [0.3, 0.4) is 0 Å². The minimum absolute atomic E-state index is 0.0300. The van der Waals surface area contributed by atoms with Crippen molar-refractivity contribution in [2.45, 2.75) is 30.0 Å². The minimum atomic E-state index is -1.13. The van der Waals surface area contributed by atoms with Gasteiger partial charge in [-0.15, -0.1) is 23.1 Å². The number of esters is 1. The second kappa shape index (κ2) is 14.3. The van der Waals surface area contributed by atoms with E-state index in [1.807, 2.05) is 36.4 Å². The lowest BCUT2D eigenvalue weighted by Gasteiger charge is -2.25. The van der Waals surface area contributed by atoms with Crippen molar-refractivity contribution >= 4 is 74.2 Å². The van der Waals surface area contributed by atoms with Crippen molar-refractivity contribution < 1.29 is 33.8 Å². The first-order valence-corrected chi connectivity index (χ1v) is 17.0. The molecule has 1 atom stereocenters. The molecule has 3 N–H and O–H groups in total. The molecule has 0 fully saturated rings. The Bertz CT molecular complexity index is 2110. The number of nitrogens with zero attached hydrogens (tertiary/aromatic N) is 1. The largest absolute Gasteiger partial charge is 0.478 e. The zero-order valence-corrected chi connectivity index (χ0v) is 28.2. The van der Waals surface area contributed by atoms with Gasteiger partial charge in [-0.3, -0.25) is 14.4 Å². The summed E-state index contributed by atoms with van der Waals surface area (Å²) < 4.78 is 5.08. The number of ether oxygens (including phenoxy) is 1. The fourth-order valence-electron chi connectivity index (χ4n) is 5.85. The zero-order chi connectivity index (χ0) is 34.7. The number of carbonyl (C=O) groups excluding carboxylic acids is 4. The SMILES string of the molecule is COC(=O)c1c(NC(=O)C(Sc2cccc(NC(=O)c3cccc4cccc(C(=O)O)c34)c2)c2ccccc2)sc2c1CCN(C(C)=O)C2. The Labute approximate surface area is 290 Å². The molecule has 1 aliphatic rings. The van der Waals surface area contributed by atoms with Crippen LogP contribution in [-0.4, -0.2) is 53.3 Å². The summed E-state index contributed by atoms with van der Waals surface area (Å²) >= 11 is 2.53. The van der Waals surface area contributed by atoms with Crippen molar-refractivity contribution in [3.05, 3.63) is 124 Å². The lowest BCUT2D eigenvalue weighted by Crippen LogP contribution is -2.33. The average Bonchev–Trinajstić information content (AvgIpc) is 3.47. The standard InChI is InChI=1S/C37H31N3O7S2/c1-21(41)40-18-17-26-29(20-40)49-35(31(26)37(46)47-2)39-34(43)32(23-9-4-3-5-10-23)48-25-14-8-13-24(19-25)38-33(42)27-15-6-11-22-12-7-16-28(30(22)27)36(44)45/h3-16,19,32H,17-18,20H2,1-2H3,(H,38,42)(H,39,43)(H,44,45). The van der Waals surface area contributed by atoms with E-state index in [2.05, 4.69) is 10.6 Å². The summed E-state index contributed by atoms with van der Waals surface area (Å²) in [6, 6.07) is 26.1. The first kappa shape index (κ1) is 33.4. The summed E-state index contributed by atoms with van der Waals surface area (Å²) in [5, 5.41) is 16.2. The van der Waals surface area contributed by atoms with Crippen LogP contribution in [0.2, 0.25) is 0 Å². The molecule has 0 saturated carbocycles. The number of aromatic carboxylic acids is 1. The Morgan fingerprint density at radius 2 is 1.61 bits per heavy atom. The van der Waals surface area contributed by atoms with Crippen LogP contribution < -0.4 is 10.6 Å². The molecule has 0 saturated heterocycles. The van der Waals surface area contributed by atoms with E-state index in [4.69, 9.17) is 4.74 Å². The molecule has 0 radical (unpaired) electrons. The van der Waals surface area contributed by atoms with Crippen LogP contribution in [0.15, 0.2) is 95.9 Å². The van der Waals surface area contributed by atoms with Crippen LogP contribution in [0.25, 0.3) is 10.8 Å². The first-order chi connectivity index (χ1) is 23.6. The fraction of sp³-hybridized carbons (Fsp3) is 0.162. The zero-order valence-electron chi connectivity index (χ0n) is 26.5. The van der Waals surface area contributed by atoms with Crippen molar-refractivity contribution in [3.63, 3.8) is 0 Å². The highest BCUT2D eigenvalue weighted by Gasteiger charge is 2.32. The molecule has 248 valence electrons. The number of anilines is 2. The molecule has 6 rings (SSSR count). The number of hydrogen-bond acceptors (Lipinski definition) is 8. The van der Waals surface area contributed by atoms with E-state index in [1.54, 1.807) is 53.4 Å². The van der Waals surface area contributed by atoms with Crippen LogP contribution in [-0.2, 0) is 27.3 Å². The number of carboxylic acid groups (broad SMARTS) is 1. The van der Waals surface area contributed by atoms with E-state index in [0.717, 1.165) is 16.0 Å². The molecule has 1 aliphatic heterocycles. The van der Waals surface area contributed by atoms with Gasteiger partial charge in [0.1, 0.15) is 10.3 Å². The molecule has 5 aromatic rings. The smallest absolute Gasteiger partial charge is 0.341 e. The Morgan fingerprint density at radius 1 is 0.898 bits per heavy atom. The van der Waals surface area contributed by atoms with E-state index in [1.165, 1.54) is 43.2 Å². The Kier molecular flexibility index (Phi) is 9.79. The van der Waals surface area contributed by atoms with Gasteiger partial charge < -0.3 is 25.4 Å². The van der Waals surface area contributed by atoms with Crippen LogP contribution in [0.1, 0.15) is 59.3 Å². The minimum Gasteiger partial charge on any atom is -0.478 e. The summed E-state index contributed by atoms with van der Waals surface area (Å²) in [6.07, 6.45) is 0.470. The molecule has 4 aromatic carbocycles. The first-order valence-electron chi connectivity index (χ1n) is 15.3. The number of benzene rings is 4. The van der Waals surface area contributed by atoms with E-state index in [9.17, 15) is 29.1 Å². The Morgan fingerprint density at radius 3 is 2.31 bits per heavy atom. The quantitative estimate of drug-likeness (QED) is 0.111. The second-order valence-corrected chi connectivity index (χ2v) is 13.6. The molecule has 10 nitrogen and oxygen atoms in total. The maximum absolute atomic E-state index is 14.1. The monoisotopic (exact) mass is 693 g/mol. The van der Waals surface area contributed by atoms with Gasteiger partial charge in [0, 0.05) is 39.9 Å². The van der Waals surface area contributed by atoms with Gasteiger partial charge in [0.15, 0.2) is 0 Å². The van der Waals surface area contributed by atoms with Crippen molar-refractivity contribution in [2.24, 2.45) is 0 Å². The number of methoxy groups -OCH3 is 1. The third-order valence-corrected chi connectivity index (χ3v) is 10.6. The summed E-state index contributed by atoms with van der Waals surface area (Å²) in [5.41, 5.74) is 2.52. The highest BCUT2D eigenvalue weighted by molar-refractivity contribution is 8.00. The molecule has 12 heteroatoms. The van der Waals surface area contributed by atoms with E-state index in [0.29, 0.717) is 51.4 Å². The number of thiophene rings is 1. The maximum Gasteiger partial charge on any atom is 0.341 e. The Balaban J connectivity index is 1.28. The molecule has 2 heterocycles. The van der Waals surface area contributed by atoms with Gasteiger partial charge in [-0.2, -0.15) is 0 Å². The summed E-state index contributed by atoms with van der Waals surface area (Å²) in [5.74, 6) is -2.59. The third kappa shape index (κ3) is 7.06. The van der Waals surface area contributed by atoms with Gasteiger partial charge in [0.25, 0.3) is 5.91 Å². The second-order valence-electron chi connectivity index (χ2n) is 11.3. The van der Waals surface area contributed by atoms with Crippen LogP contribution in [0, 0.1) is 0 Å². The molecule has 49 heavy (non-hydrogen) atoms. The predicted molar refractivity (Wildman–Crippen MR) is 189 cm³/mol. The number of amides is 3. The highest BCUT2D eigenvalue weighted by Crippen LogP contribution is 2.41. The third-order valence-electron chi connectivity index (χ3n) is 8.19. The van der Waals surface area contributed by atoms with Crippen molar-refractivity contribution in [1.29, 1.82) is 0 Å². The number of thioether (sulfide) groups is 1. The van der Waals surface area contributed by atoms with Crippen molar-refractivity contribution in [2.75, 3.05) is 24.3 Å². The van der Waals surface area contributed by atoms with Gasteiger partial charge in [-0.05, 0) is 53.3 Å². The van der Waals surface area contributed by atoms with Gasteiger partial charge in [0.05, 0.1) is 24.8 Å². The van der Waals surface area contributed by atoms with E-state index < -0.39 is 23.1 Å². The van der Waals surface area contributed by atoms with E-state index in [-0.39, 0.29) is 22.9 Å². The number of carbonyl (C=O) groups is 5. The summed E-state index contributed by atoms with van der Waals surface area (Å²) in [6.45, 7) is 2.32. The van der Waals surface area contributed by atoms with Crippen LogP contribution >= 0.6 is 23.1 Å². The normalized spacial score (nSPS) is 12.9. The molecule has 0 aliphatic carbocycles. The van der Waals surface area contributed by atoms with Gasteiger partial charge in [-0.25, -0.2) is 9.59 Å². The van der Waals surface area contributed by atoms with Crippen molar-refractivity contribution in [1.82, 2.24) is 4.90 Å². The summed E-state index contributed by atoms with van der Waals surface area (Å²) in [4.78, 5) is 67.7. The average molecular weight is 694 g/mol. The maximum atomic E-state index is 14.1. The number of fused-ring (bicyclic) bond motifs is 2. The van der Waals surface area contributed by atoms with Crippen LogP contribution in [0.4, 0.5) is 10.7 Å². The predicted octanol–water partition coefficient (Wildman–Crippen LogP) is 7.02. The molecule has 1 unspecified atom stereocenters. The van der Waals surface area contributed by atoms with Gasteiger partial charge >= 0.3 is 11.9 Å². The fourth-order valence-corrected chi connectivity index (χ4v) is 8.18. The highest BCUT2D eigenvalue weighted by atomic mass is 32.2. The van der Waals surface area contributed by atoms with Gasteiger partial charge in [-0.1, -0.05) is 60.7 Å². The van der Waals surface area contributed by atoms with Crippen molar-refractivity contribution in [3.8, 4) is 0 Å². The molecule has 1 aromatic heterocycles. The topological polar surface area (TPSA) is 142 Å². The van der Waals surface area contributed by atoms with Crippen LogP contribution in [0.5, 0.6) is 0 Å². The Hall–Kier alpha value is -5.46. The summed E-state index contributed by atoms with van der Waals surface area (Å²) in [7, 11) is 1.29. The molecule has 3 amide bonds. The number of rotatable bonds is 9. The molecule has 0 spiro atoms. The molecular formula is C37H31N3O7S2. The molecular weight excluding hydrogens is 663 g/mol. The lowest BCUT2D eigenvalue weighted by atomic mass is 9.98. The van der Waals surface area contributed by atoms with Gasteiger partial charge in [0.2, 0.25) is 11.8 Å². The number of carboxylic acids is 1. The molecule has 0 bridgehead atoms. The van der Waals surface area contributed by atoms with E-state index >= 15 is 0 Å².